The smallest absolute Gasteiger partial charge is 0.265 e. The van der Waals surface area contributed by atoms with Crippen LogP contribution in [0.4, 0.5) is 29.1 Å². The van der Waals surface area contributed by atoms with Gasteiger partial charge in [-0.05, 0) is 38.1 Å². The maximum Gasteiger partial charge on any atom is 0.265 e. The second-order valence-corrected chi connectivity index (χ2v) is 7.04. The standard InChI is InChI=1S/C21H24N8O3/c1-11-7-8-14-18(22-11)23-19-20(29(14)3)24-21(28-26-19)27-25-12(2)13-9-15(30-4)17(32-6)16(10-13)31-5/h7-10H,1-6H3,(H,22,23,26)(H,24,27,28). The van der Waals surface area contributed by atoms with Gasteiger partial charge in [0.25, 0.3) is 5.95 Å². The van der Waals surface area contributed by atoms with E-state index in [0.29, 0.717) is 40.4 Å². The van der Waals surface area contributed by atoms with Gasteiger partial charge in [0.2, 0.25) is 5.75 Å². The van der Waals surface area contributed by atoms with E-state index in [2.05, 4.69) is 36.0 Å². The lowest BCUT2D eigenvalue weighted by Gasteiger charge is -2.27. The van der Waals surface area contributed by atoms with Gasteiger partial charge < -0.3 is 24.4 Å². The van der Waals surface area contributed by atoms with Crippen LogP contribution < -0.4 is 29.9 Å². The SMILES string of the molecule is COc1cc(C(C)=NNc2nnc3c(n2)N(C)c2ccc(C)nc2N3)cc(OC)c1OC. The second kappa shape index (κ2) is 8.53. The van der Waals surface area contributed by atoms with Crippen LogP contribution in [0.25, 0.3) is 0 Å². The largest absolute Gasteiger partial charge is 0.493 e. The fourth-order valence-electron chi connectivity index (χ4n) is 3.31. The molecule has 0 unspecified atom stereocenters. The molecule has 2 N–H and O–H groups in total. The third kappa shape index (κ3) is 3.80. The normalized spacial score (nSPS) is 12.4. The zero-order chi connectivity index (χ0) is 22.8. The number of hydrogen-bond donors (Lipinski definition) is 2. The van der Waals surface area contributed by atoms with Crippen molar-refractivity contribution in [3.8, 4) is 17.2 Å². The summed E-state index contributed by atoms with van der Waals surface area (Å²) in [5.41, 5.74) is 6.12. The molecular weight excluding hydrogens is 412 g/mol. The monoisotopic (exact) mass is 436 g/mol. The highest BCUT2D eigenvalue weighted by molar-refractivity contribution is 6.00. The number of anilines is 5. The third-order valence-electron chi connectivity index (χ3n) is 5.00. The van der Waals surface area contributed by atoms with Gasteiger partial charge in [-0.2, -0.15) is 10.1 Å². The molecule has 0 bridgehead atoms. The quantitative estimate of drug-likeness (QED) is 0.440. The highest BCUT2D eigenvalue weighted by Gasteiger charge is 2.24. The Balaban J connectivity index is 1.59. The van der Waals surface area contributed by atoms with Gasteiger partial charge in [-0.3, -0.25) is 0 Å². The number of nitrogens with one attached hydrogen (secondary N) is 2. The molecule has 0 saturated heterocycles. The molecule has 1 aliphatic rings. The zero-order valence-electron chi connectivity index (χ0n) is 18.7. The summed E-state index contributed by atoms with van der Waals surface area (Å²) < 4.78 is 16.2. The average molecular weight is 436 g/mol. The number of aryl methyl sites for hydroxylation is 1. The van der Waals surface area contributed by atoms with Gasteiger partial charge in [0.1, 0.15) is 0 Å². The number of ether oxygens (including phenoxy) is 3. The lowest BCUT2D eigenvalue weighted by molar-refractivity contribution is 0.324. The van der Waals surface area contributed by atoms with E-state index in [1.807, 2.05) is 50.1 Å². The van der Waals surface area contributed by atoms with Crippen molar-refractivity contribution in [2.45, 2.75) is 13.8 Å². The van der Waals surface area contributed by atoms with Gasteiger partial charge in [0.15, 0.2) is 29.0 Å². The number of benzene rings is 1. The predicted molar refractivity (Wildman–Crippen MR) is 122 cm³/mol. The predicted octanol–water partition coefficient (Wildman–Crippen LogP) is 3.26. The van der Waals surface area contributed by atoms with E-state index >= 15 is 0 Å². The van der Waals surface area contributed by atoms with Crippen LogP contribution in [0.5, 0.6) is 17.2 Å². The summed E-state index contributed by atoms with van der Waals surface area (Å²) in [5, 5.41) is 15.9. The van der Waals surface area contributed by atoms with Crippen molar-refractivity contribution >= 4 is 34.8 Å². The molecule has 166 valence electrons. The number of hydrazone groups is 1. The Bertz CT molecular complexity index is 1170. The minimum atomic E-state index is 0.257. The number of methoxy groups -OCH3 is 3. The van der Waals surface area contributed by atoms with E-state index in [-0.39, 0.29) is 5.95 Å². The molecule has 0 amide bonds. The van der Waals surface area contributed by atoms with Crippen molar-refractivity contribution in [2.75, 3.05) is 44.0 Å². The van der Waals surface area contributed by atoms with Gasteiger partial charge in [0, 0.05) is 18.3 Å². The molecule has 0 saturated carbocycles. The number of rotatable bonds is 6. The van der Waals surface area contributed by atoms with Crippen LogP contribution in [0.1, 0.15) is 18.2 Å². The van der Waals surface area contributed by atoms with Crippen LogP contribution >= 0.6 is 0 Å². The first-order chi connectivity index (χ1) is 15.4. The molecule has 2 aromatic heterocycles. The molecule has 1 aliphatic heterocycles. The van der Waals surface area contributed by atoms with Crippen LogP contribution in [-0.4, -0.2) is 54.3 Å². The van der Waals surface area contributed by atoms with Crippen molar-refractivity contribution in [1.29, 1.82) is 0 Å². The lowest BCUT2D eigenvalue weighted by atomic mass is 10.1. The molecule has 11 heteroatoms. The molecule has 0 spiro atoms. The molecule has 1 aromatic carbocycles. The van der Waals surface area contributed by atoms with Crippen LogP contribution in [0.15, 0.2) is 29.4 Å². The topological polar surface area (TPSA) is 119 Å². The molecule has 3 aromatic rings. The van der Waals surface area contributed by atoms with Crippen molar-refractivity contribution in [2.24, 2.45) is 5.10 Å². The van der Waals surface area contributed by atoms with Gasteiger partial charge in [0.05, 0.1) is 32.7 Å². The van der Waals surface area contributed by atoms with Crippen molar-refractivity contribution < 1.29 is 14.2 Å². The summed E-state index contributed by atoms with van der Waals surface area (Å²) in [5.74, 6) is 3.70. The Morgan fingerprint density at radius 2 is 1.72 bits per heavy atom. The Morgan fingerprint density at radius 3 is 2.38 bits per heavy atom. The first kappa shape index (κ1) is 21.1. The third-order valence-corrected chi connectivity index (χ3v) is 5.00. The van der Waals surface area contributed by atoms with E-state index in [9.17, 15) is 0 Å². The number of fused-ring (bicyclic) bond motifs is 2. The van der Waals surface area contributed by atoms with Crippen LogP contribution in [0.3, 0.4) is 0 Å². The van der Waals surface area contributed by atoms with Gasteiger partial charge >= 0.3 is 0 Å². The van der Waals surface area contributed by atoms with Gasteiger partial charge in [-0.25, -0.2) is 10.4 Å². The highest BCUT2D eigenvalue weighted by atomic mass is 16.5. The summed E-state index contributed by atoms with van der Waals surface area (Å²) in [6.45, 7) is 3.78. The summed E-state index contributed by atoms with van der Waals surface area (Å²) in [6.07, 6.45) is 0. The summed E-state index contributed by atoms with van der Waals surface area (Å²) in [6, 6.07) is 7.56. The van der Waals surface area contributed by atoms with E-state index < -0.39 is 0 Å². The highest BCUT2D eigenvalue weighted by Crippen LogP contribution is 2.40. The van der Waals surface area contributed by atoms with Gasteiger partial charge in [-0.15, -0.1) is 10.2 Å². The fourth-order valence-corrected chi connectivity index (χ4v) is 3.31. The minimum Gasteiger partial charge on any atom is -0.493 e. The second-order valence-electron chi connectivity index (χ2n) is 7.04. The Hall–Kier alpha value is -4.15. The number of nitrogens with zero attached hydrogens (tertiary/aromatic N) is 6. The summed E-state index contributed by atoms with van der Waals surface area (Å²) in [4.78, 5) is 11.0. The number of hydrogen-bond acceptors (Lipinski definition) is 11. The first-order valence-electron chi connectivity index (χ1n) is 9.79. The van der Waals surface area contributed by atoms with Crippen molar-refractivity contribution in [3.05, 3.63) is 35.5 Å². The number of aromatic nitrogens is 4. The van der Waals surface area contributed by atoms with Crippen molar-refractivity contribution in [3.63, 3.8) is 0 Å². The molecule has 32 heavy (non-hydrogen) atoms. The maximum absolute atomic E-state index is 5.41. The molecule has 3 heterocycles. The Kier molecular flexibility index (Phi) is 5.63. The first-order valence-corrected chi connectivity index (χ1v) is 9.79. The molecule has 0 fully saturated rings. The fraction of sp³-hybridized carbons (Fsp3) is 0.286. The maximum atomic E-state index is 5.41. The molecule has 0 atom stereocenters. The molecule has 4 rings (SSSR count). The number of pyridine rings is 1. The van der Waals surface area contributed by atoms with E-state index in [1.54, 1.807) is 21.3 Å². The molecule has 0 aliphatic carbocycles. The Labute approximate surface area is 185 Å². The minimum absolute atomic E-state index is 0.257. The zero-order valence-corrected chi connectivity index (χ0v) is 18.7. The molecule has 11 nitrogen and oxygen atoms in total. The summed E-state index contributed by atoms with van der Waals surface area (Å²) in [7, 11) is 6.60. The van der Waals surface area contributed by atoms with Crippen LogP contribution in [0, 0.1) is 6.92 Å². The summed E-state index contributed by atoms with van der Waals surface area (Å²) >= 11 is 0. The molecule has 0 radical (unpaired) electrons. The Morgan fingerprint density at radius 1 is 1.00 bits per heavy atom. The van der Waals surface area contributed by atoms with Crippen LogP contribution in [-0.2, 0) is 0 Å². The lowest BCUT2D eigenvalue weighted by Crippen LogP contribution is -2.22. The van der Waals surface area contributed by atoms with E-state index in [4.69, 9.17) is 14.2 Å². The van der Waals surface area contributed by atoms with E-state index in [1.165, 1.54) is 0 Å². The van der Waals surface area contributed by atoms with Gasteiger partial charge in [-0.1, -0.05) is 0 Å². The van der Waals surface area contributed by atoms with Crippen LogP contribution in [0.2, 0.25) is 0 Å². The van der Waals surface area contributed by atoms with E-state index in [0.717, 1.165) is 16.9 Å². The molecular formula is C21H24N8O3. The van der Waals surface area contributed by atoms with Crippen molar-refractivity contribution in [1.82, 2.24) is 20.2 Å². The average Bonchev–Trinajstić information content (AvgIpc) is 2.81.